The molecule has 0 amide bonds. The number of anilines is 3. The highest BCUT2D eigenvalue weighted by Gasteiger charge is 2.05. The predicted octanol–water partition coefficient (Wildman–Crippen LogP) is 4.59. The third-order valence-electron chi connectivity index (χ3n) is 3.61. The monoisotopic (exact) mass is 389 g/mol. The number of hydrogen-bond donors (Lipinski definition) is 2. The van der Waals surface area contributed by atoms with E-state index in [1.54, 1.807) is 25.3 Å². The van der Waals surface area contributed by atoms with Crippen LogP contribution in [-0.2, 0) is 6.42 Å². The summed E-state index contributed by atoms with van der Waals surface area (Å²) in [6, 6.07) is 13.1. The average Bonchev–Trinajstić information content (AvgIpc) is 2.65. The molecule has 1 aromatic heterocycles. The van der Waals surface area contributed by atoms with E-state index >= 15 is 0 Å². The van der Waals surface area contributed by atoms with E-state index in [4.69, 9.17) is 27.9 Å². The van der Waals surface area contributed by atoms with E-state index in [1.165, 1.54) is 11.8 Å². The molecule has 8 heteroatoms. The fraction of sp³-hybridized carbons (Fsp3) is 0.167. The number of hydrogen-bond acceptors (Lipinski definition) is 6. The molecule has 0 bridgehead atoms. The summed E-state index contributed by atoms with van der Waals surface area (Å²) in [6.07, 6.45) is 2.35. The highest BCUT2D eigenvalue weighted by atomic mass is 35.5. The van der Waals surface area contributed by atoms with Crippen molar-refractivity contribution in [2.75, 3.05) is 24.3 Å². The Labute approximate surface area is 161 Å². The van der Waals surface area contributed by atoms with E-state index in [-0.39, 0.29) is 0 Å². The lowest BCUT2D eigenvalue weighted by Gasteiger charge is -2.09. The number of nitrogens with one attached hydrogen (secondary N) is 2. The van der Waals surface area contributed by atoms with Gasteiger partial charge in [-0.05, 0) is 42.3 Å². The molecule has 0 aliphatic carbocycles. The molecule has 134 valence electrons. The van der Waals surface area contributed by atoms with E-state index in [1.807, 2.05) is 24.3 Å². The fourth-order valence-electron chi connectivity index (χ4n) is 2.28. The Kier molecular flexibility index (Phi) is 6.09. The van der Waals surface area contributed by atoms with Crippen LogP contribution >= 0.6 is 23.2 Å². The van der Waals surface area contributed by atoms with Gasteiger partial charge in [0.2, 0.25) is 5.95 Å². The minimum atomic E-state index is 0.439. The SMILES string of the molecule is COc1ccc(CCNc2nncc(Nc3ccc(Cl)cc3Cl)n2)cc1. The summed E-state index contributed by atoms with van der Waals surface area (Å²) < 4.78 is 5.15. The Balaban J connectivity index is 1.58. The van der Waals surface area contributed by atoms with Crippen LogP contribution in [0.3, 0.4) is 0 Å². The van der Waals surface area contributed by atoms with E-state index in [2.05, 4.69) is 25.8 Å². The minimum absolute atomic E-state index is 0.439. The largest absolute Gasteiger partial charge is 0.497 e. The van der Waals surface area contributed by atoms with Crippen LogP contribution in [0.25, 0.3) is 0 Å². The molecule has 3 rings (SSSR count). The number of halogens is 2. The molecule has 0 aliphatic heterocycles. The zero-order valence-electron chi connectivity index (χ0n) is 14.0. The Hall–Kier alpha value is -2.57. The smallest absolute Gasteiger partial charge is 0.244 e. The van der Waals surface area contributed by atoms with Gasteiger partial charge in [0.25, 0.3) is 0 Å². The van der Waals surface area contributed by atoms with Crippen molar-refractivity contribution < 1.29 is 4.74 Å². The van der Waals surface area contributed by atoms with E-state index in [0.29, 0.717) is 34.0 Å². The highest BCUT2D eigenvalue weighted by Crippen LogP contribution is 2.27. The quantitative estimate of drug-likeness (QED) is 0.615. The molecular formula is C18H17Cl2N5O. The first kappa shape index (κ1) is 18.2. The van der Waals surface area contributed by atoms with Gasteiger partial charge in [0.05, 0.1) is 24.0 Å². The third kappa shape index (κ3) is 4.97. The second-order valence-electron chi connectivity index (χ2n) is 5.44. The normalized spacial score (nSPS) is 10.4. The maximum Gasteiger partial charge on any atom is 0.244 e. The maximum absolute atomic E-state index is 6.16. The van der Waals surface area contributed by atoms with Gasteiger partial charge in [-0.15, -0.1) is 5.10 Å². The summed E-state index contributed by atoms with van der Waals surface area (Å²) >= 11 is 12.1. The van der Waals surface area contributed by atoms with Crippen molar-refractivity contribution in [1.82, 2.24) is 15.2 Å². The van der Waals surface area contributed by atoms with Gasteiger partial charge < -0.3 is 15.4 Å². The molecule has 2 aromatic carbocycles. The molecule has 2 N–H and O–H groups in total. The average molecular weight is 390 g/mol. The molecule has 0 unspecified atom stereocenters. The molecule has 0 aliphatic rings. The van der Waals surface area contributed by atoms with Crippen LogP contribution in [-0.4, -0.2) is 28.8 Å². The topological polar surface area (TPSA) is 72.0 Å². The van der Waals surface area contributed by atoms with Crippen LogP contribution < -0.4 is 15.4 Å². The first-order valence-corrected chi connectivity index (χ1v) is 8.68. The number of methoxy groups -OCH3 is 1. The van der Waals surface area contributed by atoms with Gasteiger partial charge in [0, 0.05) is 11.6 Å². The Bertz CT molecular complexity index is 874. The lowest BCUT2D eigenvalue weighted by molar-refractivity contribution is 0.414. The zero-order valence-corrected chi connectivity index (χ0v) is 15.6. The molecule has 6 nitrogen and oxygen atoms in total. The van der Waals surface area contributed by atoms with Crippen molar-refractivity contribution in [2.45, 2.75) is 6.42 Å². The van der Waals surface area contributed by atoms with Gasteiger partial charge in [-0.2, -0.15) is 10.1 Å². The molecular weight excluding hydrogens is 373 g/mol. The van der Waals surface area contributed by atoms with E-state index < -0.39 is 0 Å². The van der Waals surface area contributed by atoms with Crippen molar-refractivity contribution in [3.05, 3.63) is 64.3 Å². The lowest BCUT2D eigenvalue weighted by Crippen LogP contribution is -2.09. The van der Waals surface area contributed by atoms with Crippen molar-refractivity contribution in [3.8, 4) is 5.75 Å². The molecule has 0 atom stereocenters. The fourth-order valence-corrected chi connectivity index (χ4v) is 2.73. The van der Waals surface area contributed by atoms with Gasteiger partial charge in [0.15, 0.2) is 5.82 Å². The zero-order chi connectivity index (χ0) is 18.4. The molecule has 26 heavy (non-hydrogen) atoms. The second kappa shape index (κ2) is 8.69. The summed E-state index contributed by atoms with van der Waals surface area (Å²) in [6.45, 7) is 0.680. The van der Waals surface area contributed by atoms with Gasteiger partial charge in [-0.25, -0.2) is 0 Å². The number of rotatable bonds is 7. The van der Waals surface area contributed by atoms with Gasteiger partial charge in [-0.1, -0.05) is 35.3 Å². The van der Waals surface area contributed by atoms with Crippen molar-refractivity contribution >= 4 is 40.7 Å². The van der Waals surface area contributed by atoms with Crippen LogP contribution in [0.4, 0.5) is 17.5 Å². The highest BCUT2D eigenvalue weighted by molar-refractivity contribution is 6.36. The van der Waals surface area contributed by atoms with E-state index in [9.17, 15) is 0 Å². The van der Waals surface area contributed by atoms with Crippen molar-refractivity contribution in [3.63, 3.8) is 0 Å². The molecule has 3 aromatic rings. The van der Waals surface area contributed by atoms with Gasteiger partial charge in [0.1, 0.15) is 5.75 Å². The Morgan fingerprint density at radius 2 is 1.88 bits per heavy atom. The summed E-state index contributed by atoms with van der Waals surface area (Å²) in [5, 5.41) is 15.3. The predicted molar refractivity (Wildman–Crippen MR) is 105 cm³/mol. The van der Waals surface area contributed by atoms with Crippen LogP contribution in [0.1, 0.15) is 5.56 Å². The maximum atomic E-state index is 6.16. The Morgan fingerprint density at radius 3 is 2.62 bits per heavy atom. The van der Waals surface area contributed by atoms with E-state index in [0.717, 1.165) is 12.2 Å². The number of aromatic nitrogens is 3. The second-order valence-corrected chi connectivity index (χ2v) is 6.28. The van der Waals surface area contributed by atoms with Crippen LogP contribution in [0.2, 0.25) is 10.0 Å². The van der Waals surface area contributed by atoms with Crippen molar-refractivity contribution in [2.24, 2.45) is 0 Å². The van der Waals surface area contributed by atoms with Gasteiger partial charge >= 0.3 is 0 Å². The van der Waals surface area contributed by atoms with Crippen molar-refractivity contribution in [1.29, 1.82) is 0 Å². The molecule has 0 saturated heterocycles. The Morgan fingerprint density at radius 1 is 1.08 bits per heavy atom. The molecule has 0 radical (unpaired) electrons. The van der Waals surface area contributed by atoms with Crippen LogP contribution in [0.15, 0.2) is 48.7 Å². The van der Waals surface area contributed by atoms with Crippen LogP contribution in [0, 0.1) is 0 Å². The molecule has 0 spiro atoms. The lowest BCUT2D eigenvalue weighted by atomic mass is 10.1. The summed E-state index contributed by atoms with van der Waals surface area (Å²) in [5.41, 5.74) is 1.88. The molecule has 0 fully saturated rings. The molecule has 1 heterocycles. The standard InChI is InChI=1S/C18H17Cl2N5O/c1-26-14-5-2-12(3-6-14)8-9-21-18-24-17(11-22-25-18)23-16-7-4-13(19)10-15(16)20/h2-7,10-11H,8-9H2,1H3,(H2,21,23,24,25). The molecule has 0 saturated carbocycles. The summed E-state index contributed by atoms with van der Waals surface area (Å²) in [5.74, 6) is 1.82. The van der Waals surface area contributed by atoms with Gasteiger partial charge in [-0.3, -0.25) is 0 Å². The third-order valence-corrected chi connectivity index (χ3v) is 4.16. The summed E-state index contributed by atoms with van der Waals surface area (Å²) in [4.78, 5) is 4.38. The first-order chi connectivity index (χ1) is 12.6. The van der Waals surface area contributed by atoms with Crippen LogP contribution in [0.5, 0.6) is 5.75 Å². The number of benzene rings is 2. The number of nitrogens with zero attached hydrogens (tertiary/aromatic N) is 3. The summed E-state index contributed by atoms with van der Waals surface area (Å²) in [7, 11) is 1.65. The minimum Gasteiger partial charge on any atom is -0.497 e. The first-order valence-electron chi connectivity index (χ1n) is 7.92. The number of ether oxygens (including phenoxy) is 1.